The molecule has 0 bridgehead atoms. The maximum absolute atomic E-state index is 3.65. The zero-order chi connectivity index (χ0) is 12.3. The van der Waals surface area contributed by atoms with Gasteiger partial charge in [0.2, 0.25) is 0 Å². The second-order valence-electron chi connectivity index (χ2n) is 5.66. The van der Waals surface area contributed by atoms with Gasteiger partial charge in [-0.15, -0.1) is 0 Å². The monoisotopic (exact) mass is 232 g/mol. The van der Waals surface area contributed by atoms with E-state index in [1.807, 2.05) is 0 Å². The third kappa shape index (κ3) is 3.08. The molecule has 1 heterocycles. The van der Waals surface area contributed by atoms with Crippen molar-refractivity contribution in [2.45, 2.75) is 38.8 Å². The molecule has 0 aromatic heterocycles. The first-order valence-corrected chi connectivity index (χ1v) is 6.66. The van der Waals surface area contributed by atoms with Gasteiger partial charge >= 0.3 is 0 Å². The molecule has 17 heavy (non-hydrogen) atoms. The summed E-state index contributed by atoms with van der Waals surface area (Å²) < 4.78 is 0. The molecule has 0 spiro atoms. The van der Waals surface area contributed by atoms with Crippen LogP contribution in [0, 0.1) is 0 Å². The molecule has 2 heteroatoms. The Hall–Kier alpha value is -0.860. The predicted molar refractivity (Wildman–Crippen MR) is 73.1 cm³/mol. The van der Waals surface area contributed by atoms with Crippen LogP contribution in [0.1, 0.15) is 38.8 Å². The maximum Gasteiger partial charge on any atom is 0.0473 e. The molecule has 0 amide bonds. The Morgan fingerprint density at radius 1 is 1.29 bits per heavy atom. The fourth-order valence-corrected chi connectivity index (χ4v) is 2.70. The van der Waals surface area contributed by atoms with E-state index in [1.165, 1.54) is 18.5 Å². The Morgan fingerprint density at radius 2 is 2.00 bits per heavy atom. The number of nitrogens with one attached hydrogen (secondary N) is 1. The van der Waals surface area contributed by atoms with E-state index < -0.39 is 0 Å². The zero-order valence-corrected chi connectivity index (χ0v) is 11.2. The van der Waals surface area contributed by atoms with Gasteiger partial charge in [-0.2, -0.15) is 0 Å². The van der Waals surface area contributed by atoms with Crippen LogP contribution in [0.5, 0.6) is 0 Å². The Balaban J connectivity index is 2.16. The van der Waals surface area contributed by atoms with Crippen molar-refractivity contribution in [3.63, 3.8) is 0 Å². The number of hydrogen-bond acceptors (Lipinski definition) is 2. The van der Waals surface area contributed by atoms with Crippen LogP contribution in [0.15, 0.2) is 30.3 Å². The highest BCUT2D eigenvalue weighted by Crippen LogP contribution is 2.26. The largest absolute Gasteiger partial charge is 0.309 e. The Kier molecular flexibility index (Phi) is 3.85. The van der Waals surface area contributed by atoms with Crippen molar-refractivity contribution < 1.29 is 0 Å². The van der Waals surface area contributed by atoms with Crippen molar-refractivity contribution in [3.8, 4) is 0 Å². The average Bonchev–Trinajstić information content (AvgIpc) is 2.30. The van der Waals surface area contributed by atoms with Crippen molar-refractivity contribution in [3.05, 3.63) is 35.9 Å². The van der Waals surface area contributed by atoms with Crippen LogP contribution in [-0.2, 0) is 0 Å². The van der Waals surface area contributed by atoms with Gasteiger partial charge in [0.05, 0.1) is 0 Å². The molecule has 1 N–H and O–H groups in total. The lowest BCUT2D eigenvalue weighted by atomic mass is 9.95. The third-order valence-corrected chi connectivity index (χ3v) is 3.51. The van der Waals surface area contributed by atoms with E-state index in [0.717, 1.165) is 13.1 Å². The number of benzene rings is 1. The summed E-state index contributed by atoms with van der Waals surface area (Å²) in [6.45, 7) is 10.2. The summed E-state index contributed by atoms with van der Waals surface area (Å²) in [5.41, 5.74) is 1.67. The van der Waals surface area contributed by atoms with Crippen LogP contribution in [0.3, 0.4) is 0 Å². The van der Waals surface area contributed by atoms with Gasteiger partial charge < -0.3 is 5.32 Å². The van der Waals surface area contributed by atoms with E-state index in [1.54, 1.807) is 0 Å². The van der Waals surface area contributed by atoms with Crippen molar-refractivity contribution in [1.82, 2.24) is 10.2 Å². The van der Waals surface area contributed by atoms with Crippen LogP contribution in [-0.4, -0.2) is 30.1 Å². The van der Waals surface area contributed by atoms with Gasteiger partial charge in [0, 0.05) is 24.7 Å². The second-order valence-corrected chi connectivity index (χ2v) is 5.66. The Morgan fingerprint density at radius 3 is 2.65 bits per heavy atom. The lowest BCUT2D eigenvalue weighted by Gasteiger charge is -2.44. The molecule has 1 aliphatic heterocycles. The molecule has 1 aliphatic rings. The first-order chi connectivity index (χ1) is 8.12. The minimum absolute atomic E-state index is 0.237. The summed E-state index contributed by atoms with van der Waals surface area (Å²) in [6, 6.07) is 11.4. The van der Waals surface area contributed by atoms with Crippen LogP contribution >= 0.6 is 0 Å². The Bertz CT molecular complexity index is 345. The van der Waals surface area contributed by atoms with E-state index in [2.05, 4.69) is 61.3 Å². The first-order valence-electron chi connectivity index (χ1n) is 6.66. The molecule has 1 fully saturated rings. The highest BCUT2D eigenvalue weighted by molar-refractivity contribution is 5.20. The van der Waals surface area contributed by atoms with Gasteiger partial charge in [-0.3, -0.25) is 4.90 Å². The number of piperazine rings is 1. The van der Waals surface area contributed by atoms with Crippen molar-refractivity contribution in [1.29, 1.82) is 0 Å². The molecule has 1 atom stereocenters. The summed E-state index contributed by atoms with van der Waals surface area (Å²) in [6.07, 6.45) is 1.22. The van der Waals surface area contributed by atoms with Gasteiger partial charge in [-0.25, -0.2) is 0 Å². The quantitative estimate of drug-likeness (QED) is 0.862. The van der Waals surface area contributed by atoms with Crippen LogP contribution < -0.4 is 5.32 Å². The van der Waals surface area contributed by atoms with E-state index >= 15 is 0 Å². The van der Waals surface area contributed by atoms with Gasteiger partial charge in [0.1, 0.15) is 0 Å². The van der Waals surface area contributed by atoms with Gasteiger partial charge in [0.25, 0.3) is 0 Å². The SMILES string of the molecule is CCCN1CC(C)(C)NCC1c1ccccc1. The number of hydrogen-bond donors (Lipinski definition) is 1. The fraction of sp³-hybridized carbons (Fsp3) is 0.600. The maximum atomic E-state index is 3.65. The minimum Gasteiger partial charge on any atom is -0.309 e. The number of rotatable bonds is 3. The topological polar surface area (TPSA) is 15.3 Å². The molecule has 0 aliphatic carbocycles. The van der Waals surface area contributed by atoms with Crippen molar-refractivity contribution >= 4 is 0 Å². The Labute approximate surface area is 105 Å². The van der Waals surface area contributed by atoms with Crippen LogP contribution in [0.25, 0.3) is 0 Å². The third-order valence-electron chi connectivity index (χ3n) is 3.51. The van der Waals surface area contributed by atoms with E-state index in [9.17, 15) is 0 Å². The molecule has 2 nitrogen and oxygen atoms in total. The summed E-state index contributed by atoms with van der Waals surface area (Å²) in [4.78, 5) is 2.62. The summed E-state index contributed by atoms with van der Waals surface area (Å²) in [7, 11) is 0. The van der Waals surface area contributed by atoms with Crippen LogP contribution in [0.4, 0.5) is 0 Å². The minimum atomic E-state index is 0.237. The lowest BCUT2D eigenvalue weighted by Crippen LogP contribution is -2.58. The predicted octanol–water partition coefficient (Wildman–Crippen LogP) is 2.82. The molecule has 1 unspecified atom stereocenters. The lowest BCUT2D eigenvalue weighted by molar-refractivity contribution is 0.0952. The molecular formula is C15H24N2. The highest BCUT2D eigenvalue weighted by Gasteiger charge is 2.32. The molecule has 1 aromatic carbocycles. The van der Waals surface area contributed by atoms with E-state index in [0.29, 0.717) is 6.04 Å². The molecular weight excluding hydrogens is 208 g/mol. The zero-order valence-electron chi connectivity index (χ0n) is 11.2. The van der Waals surface area contributed by atoms with Gasteiger partial charge in [-0.1, -0.05) is 37.3 Å². The van der Waals surface area contributed by atoms with Crippen molar-refractivity contribution in [2.75, 3.05) is 19.6 Å². The number of nitrogens with zero attached hydrogens (tertiary/aromatic N) is 1. The van der Waals surface area contributed by atoms with Gasteiger partial charge in [-0.05, 0) is 32.4 Å². The molecule has 1 aromatic rings. The smallest absolute Gasteiger partial charge is 0.0473 e. The first kappa shape index (κ1) is 12.6. The van der Waals surface area contributed by atoms with Crippen LogP contribution in [0.2, 0.25) is 0 Å². The molecule has 0 saturated carbocycles. The van der Waals surface area contributed by atoms with Gasteiger partial charge in [0.15, 0.2) is 0 Å². The standard InChI is InChI=1S/C15H24N2/c1-4-10-17-12-15(2,3)16-11-14(17)13-8-6-5-7-9-13/h5-9,14,16H,4,10-12H2,1-3H3. The molecule has 94 valence electrons. The van der Waals surface area contributed by atoms with E-state index in [-0.39, 0.29) is 5.54 Å². The molecule has 2 rings (SSSR count). The van der Waals surface area contributed by atoms with Crippen molar-refractivity contribution in [2.24, 2.45) is 0 Å². The van der Waals surface area contributed by atoms with E-state index in [4.69, 9.17) is 0 Å². The highest BCUT2D eigenvalue weighted by atomic mass is 15.2. The molecule has 0 radical (unpaired) electrons. The average molecular weight is 232 g/mol. The summed E-state index contributed by atoms with van der Waals surface area (Å²) >= 11 is 0. The summed E-state index contributed by atoms with van der Waals surface area (Å²) in [5, 5.41) is 3.65. The second kappa shape index (κ2) is 5.19. The summed E-state index contributed by atoms with van der Waals surface area (Å²) in [5.74, 6) is 0. The normalized spacial score (nSPS) is 24.8. The molecule has 1 saturated heterocycles. The fourth-order valence-electron chi connectivity index (χ4n) is 2.70.